The van der Waals surface area contributed by atoms with E-state index in [-0.39, 0.29) is 0 Å². The third kappa shape index (κ3) is 3.69. The lowest BCUT2D eigenvalue weighted by Crippen LogP contribution is -2.27. The molecule has 0 radical (unpaired) electrons. The van der Waals surface area contributed by atoms with E-state index in [2.05, 4.69) is 149 Å². The zero-order valence-corrected chi connectivity index (χ0v) is 23.9. The van der Waals surface area contributed by atoms with Crippen molar-refractivity contribution in [2.75, 3.05) is 9.80 Å². The standard InChI is InChI=1S/C38H32N4/c1-5-14-25(15-6-2)41-33-23-21-29-27(8-4)31(16-7-3)39-35(29)37(33)42(26-17-10-9-11-18-26)34-24-22-30-28-19-12-13-20-32(28)40-36(30)38(34)41/h5-24,39-40H,1,4H2,2-3H3/b15-6-,16-7-,25-14+. The summed E-state index contributed by atoms with van der Waals surface area (Å²) in [7, 11) is 0. The van der Waals surface area contributed by atoms with Gasteiger partial charge in [0, 0.05) is 44.3 Å². The topological polar surface area (TPSA) is 38.1 Å². The van der Waals surface area contributed by atoms with Crippen molar-refractivity contribution >= 4 is 73.3 Å². The van der Waals surface area contributed by atoms with Crippen LogP contribution in [0, 0.1) is 0 Å². The van der Waals surface area contributed by atoms with Crippen LogP contribution in [0.15, 0.2) is 128 Å². The van der Waals surface area contributed by atoms with Crippen molar-refractivity contribution in [2.24, 2.45) is 0 Å². The van der Waals surface area contributed by atoms with Gasteiger partial charge in [0.1, 0.15) is 0 Å². The summed E-state index contributed by atoms with van der Waals surface area (Å²) in [6.07, 6.45) is 14.3. The number of rotatable bonds is 6. The summed E-state index contributed by atoms with van der Waals surface area (Å²) in [5.41, 5.74) is 11.8. The second kappa shape index (κ2) is 10.2. The van der Waals surface area contributed by atoms with Crippen molar-refractivity contribution in [1.82, 2.24) is 9.97 Å². The average Bonchev–Trinajstić information content (AvgIpc) is 3.58. The molecule has 0 saturated heterocycles. The van der Waals surface area contributed by atoms with Gasteiger partial charge in [-0.25, -0.2) is 0 Å². The maximum absolute atomic E-state index is 4.16. The van der Waals surface area contributed by atoms with Gasteiger partial charge in [-0.15, -0.1) is 0 Å². The number of benzene rings is 4. The molecule has 0 aliphatic carbocycles. The lowest BCUT2D eigenvalue weighted by Gasteiger charge is -2.41. The van der Waals surface area contributed by atoms with E-state index in [1.165, 1.54) is 10.8 Å². The van der Waals surface area contributed by atoms with E-state index in [9.17, 15) is 0 Å². The average molecular weight is 545 g/mol. The number of allylic oxidation sites excluding steroid dienone is 5. The fourth-order valence-corrected chi connectivity index (χ4v) is 6.35. The molecule has 2 N–H and O–H groups in total. The van der Waals surface area contributed by atoms with E-state index >= 15 is 0 Å². The van der Waals surface area contributed by atoms with Crippen LogP contribution in [-0.4, -0.2) is 9.97 Å². The Morgan fingerprint density at radius 2 is 1.45 bits per heavy atom. The number of nitrogens with zero attached hydrogens (tertiary/aromatic N) is 2. The van der Waals surface area contributed by atoms with Gasteiger partial charge in [0.15, 0.2) is 0 Å². The molecule has 1 aliphatic heterocycles. The van der Waals surface area contributed by atoms with Crippen LogP contribution in [0.25, 0.3) is 44.9 Å². The van der Waals surface area contributed by atoms with Gasteiger partial charge in [-0.3, -0.25) is 0 Å². The number of aromatic nitrogens is 2. The highest BCUT2D eigenvalue weighted by Crippen LogP contribution is 2.57. The Hall–Kier alpha value is -5.48. The van der Waals surface area contributed by atoms with Gasteiger partial charge in [0.2, 0.25) is 0 Å². The summed E-state index contributed by atoms with van der Waals surface area (Å²) < 4.78 is 0. The molecule has 2 aromatic heterocycles. The van der Waals surface area contributed by atoms with Gasteiger partial charge in [0.25, 0.3) is 0 Å². The summed E-state index contributed by atoms with van der Waals surface area (Å²) in [6.45, 7) is 12.3. The minimum atomic E-state index is 1.03. The quantitative estimate of drug-likeness (QED) is 0.205. The zero-order chi connectivity index (χ0) is 28.8. The van der Waals surface area contributed by atoms with Gasteiger partial charge in [-0.1, -0.05) is 73.9 Å². The van der Waals surface area contributed by atoms with Gasteiger partial charge in [0.05, 0.1) is 33.8 Å². The SMILES string of the molecule is C=C/C=C(\C=C/C)N1c2ccc3c(C=C)c(/C=C\C)[nH]c3c2N(c2ccccc2)c2ccc3c([nH]c4ccccc43)c21. The predicted molar refractivity (Wildman–Crippen MR) is 182 cm³/mol. The second-order valence-electron chi connectivity index (χ2n) is 10.4. The normalized spacial score (nSPS) is 13.5. The first kappa shape index (κ1) is 25.5. The number of nitrogens with one attached hydrogen (secondary N) is 2. The van der Waals surface area contributed by atoms with Crippen molar-refractivity contribution in [3.05, 3.63) is 139 Å². The monoisotopic (exact) mass is 544 g/mol. The maximum atomic E-state index is 4.16. The Labute approximate surface area is 245 Å². The van der Waals surface area contributed by atoms with Crippen LogP contribution in [0.3, 0.4) is 0 Å². The zero-order valence-electron chi connectivity index (χ0n) is 23.9. The van der Waals surface area contributed by atoms with Crippen molar-refractivity contribution in [2.45, 2.75) is 13.8 Å². The largest absolute Gasteiger partial charge is 0.353 e. The molecule has 0 unspecified atom stereocenters. The van der Waals surface area contributed by atoms with E-state index in [1.54, 1.807) is 0 Å². The number of hydrogen-bond acceptors (Lipinski definition) is 2. The molecule has 0 fully saturated rings. The fraction of sp³-hybridized carbons (Fsp3) is 0.0526. The molecule has 0 saturated carbocycles. The van der Waals surface area contributed by atoms with Crippen LogP contribution >= 0.6 is 0 Å². The second-order valence-corrected chi connectivity index (χ2v) is 10.4. The van der Waals surface area contributed by atoms with Crippen molar-refractivity contribution in [1.29, 1.82) is 0 Å². The molecule has 6 aromatic rings. The first-order valence-electron chi connectivity index (χ1n) is 14.3. The third-order valence-corrected chi connectivity index (χ3v) is 8.00. The molecule has 0 amide bonds. The molecule has 4 heteroatoms. The van der Waals surface area contributed by atoms with E-state index in [1.807, 2.05) is 19.1 Å². The summed E-state index contributed by atoms with van der Waals surface area (Å²) in [5, 5.41) is 3.53. The molecule has 0 atom stereocenters. The van der Waals surface area contributed by atoms with Gasteiger partial charge in [-0.05, 0) is 74.5 Å². The number of H-pyrrole nitrogens is 2. The first-order chi connectivity index (χ1) is 20.7. The molecule has 4 aromatic carbocycles. The van der Waals surface area contributed by atoms with Crippen LogP contribution in [0.4, 0.5) is 28.4 Å². The van der Waals surface area contributed by atoms with Gasteiger partial charge >= 0.3 is 0 Å². The molecule has 0 spiro atoms. The number of hydrogen-bond donors (Lipinski definition) is 2. The van der Waals surface area contributed by atoms with Crippen LogP contribution in [0.2, 0.25) is 0 Å². The number of aromatic amines is 2. The summed E-state index contributed by atoms with van der Waals surface area (Å²) in [6, 6.07) is 28.1. The Bertz CT molecular complexity index is 2100. The Morgan fingerprint density at radius 3 is 2.21 bits per heavy atom. The summed E-state index contributed by atoms with van der Waals surface area (Å²) in [5.74, 6) is 0. The molecule has 42 heavy (non-hydrogen) atoms. The summed E-state index contributed by atoms with van der Waals surface area (Å²) in [4.78, 5) is 12.3. The number of para-hydroxylation sites is 2. The van der Waals surface area contributed by atoms with Crippen molar-refractivity contribution in [3.8, 4) is 0 Å². The van der Waals surface area contributed by atoms with Crippen molar-refractivity contribution < 1.29 is 0 Å². The van der Waals surface area contributed by atoms with Crippen LogP contribution in [0.1, 0.15) is 25.1 Å². The first-order valence-corrected chi connectivity index (χ1v) is 14.3. The highest BCUT2D eigenvalue weighted by molar-refractivity contribution is 6.20. The summed E-state index contributed by atoms with van der Waals surface area (Å²) >= 11 is 0. The molecular weight excluding hydrogens is 512 g/mol. The minimum absolute atomic E-state index is 1.03. The molecular formula is C38H32N4. The number of anilines is 5. The molecule has 0 bridgehead atoms. The highest BCUT2D eigenvalue weighted by atomic mass is 15.3. The van der Waals surface area contributed by atoms with E-state index < -0.39 is 0 Å². The van der Waals surface area contributed by atoms with E-state index in [0.29, 0.717) is 0 Å². The van der Waals surface area contributed by atoms with E-state index in [4.69, 9.17) is 0 Å². The van der Waals surface area contributed by atoms with Crippen molar-refractivity contribution in [3.63, 3.8) is 0 Å². The lowest BCUT2D eigenvalue weighted by molar-refractivity contribution is 1.14. The molecule has 7 rings (SSSR count). The predicted octanol–water partition coefficient (Wildman–Crippen LogP) is 11.0. The van der Waals surface area contributed by atoms with E-state index in [0.717, 1.165) is 67.3 Å². The molecule has 3 heterocycles. The van der Waals surface area contributed by atoms with Gasteiger partial charge in [-0.2, -0.15) is 0 Å². The Balaban J connectivity index is 1.68. The van der Waals surface area contributed by atoms with Crippen LogP contribution in [0.5, 0.6) is 0 Å². The molecule has 1 aliphatic rings. The Morgan fingerprint density at radius 1 is 0.714 bits per heavy atom. The van der Waals surface area contributed by atoms with Crippen LogP contribution in [-0.2, 0) is 0 Å². The lowest BCUT2D eigenvalue weighted by atomic mass is 9.99. The highest BCUT2D eigenvalue weighted by Gasteiger charge is 2.35. The molecule has 204 valence electrons. The Kier molecular flexibility index (Phi) is 6.17. The fourth-order valence-electron chi connectivity index (χ4n) is 6.35. The smallest absolute Gasteiger partial charge is 0.0948 e. The maximum Gasteiger partial charge on any atom is 0.0948 e. The van der Waals surface area contributed by atoms with Crippen LogP contribution < -0.4 is 9.80 Å². The molecule has 4 nitrogen and oxygen atoms in total. The van der Waals surface area contributed by atoms with Gasteiger partial charge < -0.3 is 19.8 Å². The minimum Gasteiger partial charge on any atom is -0.353 e. The third-order valence-electron chi connectivity index (χ3n) is 8.00. The number of fused-ring (bicyclic) bond motifs is 8.